The first-order chi connectivity index (χ1) is 11.5. The molecule has 0 bridgehead atoms. The van der Waals surface area contributed by atoms with E-state index in [2.05, 4.69) is 5.10 Å². The van der Waals surface area contributed by atoms with E-state index in [0.29, 0.717) is 11.3 Å². The van der Waals surface area contributed by atoms with Gasteiger partial charge < -0.3 is 15.4 Å². The van der Waals surface area contributed by atoms with Gasteiger partial charge >= 0.3 is 0 Å². The third-order valence-corrected chi connectivity index (χ3v) is 4.11. The maximum atomic E-state index is 12.8. The molecule has 24 heavy (non-hydrogen) atoms. The maximum absolute atomic E-state index is 12.8. The molecule has 0 radical (unpaired) electrons. The van der Waals surface area contributed by atoms with Crippen LogP contribution in [0.25, 0.3) is 0 Å². The Morgan fingerprint density at radius 3 is 2.71 bits per heavy atom. The Balaban J connectivity index is 1.72. The van der Waals surface area contributed by atoms with E-state index in [0.717, 1.165) is 24.9 Å². The van der Waals surface area contributed by atoms with Gasteiger partial charge in [-0.2, -0.15) is 5.10 Å². The van der Waals surface area contributed by atoms with Gasteiger partial charge in [0.15, 0.2) is 6.61 Å². The zero-order chi connectivity index (χ0) is 17.1. The number of hydrogen-bond donors (Lipinski definition) is 1. The standard InChI is InChI=1S/C17H20N4O3/c1-20-10-13(9-19-20)15-3-2-8-21(15)17(23)12-4-6-14(7-5-12)24-11-16(18)22/h4-7,9-10,15H,2-3,8,11H2,1H3,(H2,18,22). The van der Waals surface area contributed by atoms with Crippen molar-refractivity contribution in [1.82, 2.24) is 14.7 Å². The molecule has 1 aromatic heterocycles. The summed E-state index contributed by atoms with van der Waals surface area (Å²) in [4.78, 5) is 25.4. The predicted molar refractivity (Wildman–Crippen MR) is 87.4 cm³/mol. The lowest BCUT2D eigenvalue weighted by atomic mass is 10.1. The summed E-state index contributed by atoms with van der Waals surface area (Å²) in [7, 11) is 1.87. The summed E-state index contributed by atoms with van der Waals surface area (Å²) < 4.78 is 6.96. The highest BCUT2D eigenvalue weighted by molar-refractivity contribution is 5.94. The summed E-state index contributed by atoms with van der Waals surface area (Å²) in [6, 6.07) is 6.82. The molecule has 1 unspecified atom stereocenters. The monoisotopic (exact) mass is 328 g/mol. The number of nitrogens with zero attached hydrogens (tertiary/aromatic N) is 3. The molecule has 126 valence electrons. The number of nitrogens with two attached hydrogens (primary N) is 1. The Morgan fingerprint density at radius 1 is 1.33 bits per heavy atom. The second kappa shape index (κ2) is 6.74. The Bertz CT molecular complexity index is 739. The van der Waals surface area contributed by atoms with Crippen molar-refractivity contribution in [2.24, 2.45) is 12.8 Å². The van der Waals surface area contributed by atoms with Crippen molar-refractivity contribution in [3.63, 3.8) is 0 Å². The fourth-order valence-corrected chi connectivity index (χ4v) is 2.98. The van der Waals surface area contributed by atoms with Crippen LogP contribution in [0.3, 0.4) is 0 Å². The van der Waals surface area contributed by atoms with Gasteiger partial charge in [-0.25, -0.2) is 0 Å². The van der Waals surface area contributed by atoms with Crippen LogP contribution in [0.1, 0.15) is 34.8 Å². The first kappa shape index (κ1) is 16.0. The van der Waals surface area contributed by atoms with Gasteiger partial charge in [0.25, 0.3) is 11.8 Å². The van der Waals surface area contributed by atoms with Gasteiger partial charge in [-0.05, 0) is 37.1 Å². The Labute approximate surface area is 140 Å². The highest BCUT2D eigenvalue weighted by Crippen LogP contribution is 2.33. The zero-order valence-electron chi connectivity index (χ0n) is 13.5. The average Bonchev–Trinajstić information content (AvgIpc) is 3.21. The number of likely N-dealkylation sites (tertiary alicyclic amines) is 1. The molecule has 0 spiro atoms. The van der Waals surface area contributed by atoms with Gasteiger partial charge in [-0.3, -0.25) is 14.3 Å². The number of carbonyl (C=O) groups is 2. The average molecular weight is 328 g/mol. The van der Waals surface area contributed by atoms with Crippen molar-refractivity contribution in [3.8, 4) is 5.75 Å². The fraction of sp³-hybridized carbons (Fsp3) is 0.353. The molecular formula is C17H20N4O3. The quantitative estimate of drug-likeness (QED) is 0.894. The number of carbonyl (C=O) groups excluding carboxylic acids is 2. The second-order valence-electron chi connectivity index (χ2n) is 5.88. The van der Waals surface area contributed by atoms with Crippen molar-refractivity contribution in [2.75, 3.05) is 13.2 Å². The van der Waals surface area contributed by atoms with E-state index < -0.39 is 5.91 Å². The Hall–Kier alpha value is -2.83. The van der Waals surface area contributed by atoms with Gasteiger partial charge in [-0.1, -0.05) is 0 Å². The van der Waals surface area contributed by atoms with E-state index in [1.54, 1.807) is 28.9 Å². The number of rotatable bonds is 5. The third kappa shape index (κ3) is 3.40. The van der Waals surface area contributed by atoms with Crippen LogP contribution in [-0.4, -0.2) is 39.6 Å². The van der Waals surface area contributed by atoms with Crippen molar-refractivity contribution in [2.45, 2.75) is 18.9 Å². The highest BCUT2D eigenvalue weighted by atomic mass is 16.5. The van der Waals surface area contributed by atoms with E-state index in [1.165, 1.54) is 0 Å². The molecule has 1 aliphatic rings. The molecule has 2 N–H and O–H groups in total. The third-order valence-electron chi connectivity index (χ3n) is 4.11. The molecule has 1 saturated heterocycles. The van der Waals surface area contributed by atoms with Gasteiger partial charge in [-0.15, -0.1) is 0 Å². The number of primary amides is 1. The second-order valence-corrected chi connectivity index (χ2v) is 5.88. The summed E-state index contributed by atoms with van der Waals surface area (Å²) in [5, 5.41) is 4.20. The number of hydrogen-bond acceptors (Lipinski definition) is 4. The van der Waals surface area contributed by atoms with E-state index >= 15 is 0 Å². The minimum Gasteiger partial charge on any atom is -0.484 e. The Kier molecular flexibility index (Phi) is 4.50. The molecule has 2 aromatic rings. The van der Waals surface area contributed by atoms with E-state index in [4.69, 9.17) is 10.5 Å². The first-order valence-electron chi connectivity index (χ1n) is 7.85. The molecule has 7 heteroatoms. The van der Waals surface area contributed by atoms with E-state index in [-0.39, 0.29) is 18.6 Å². The van der Waals surface area contributed by atoms with Crippen LogP contribution in [0.5, 0.6) is 5.75 Å². The SMILES string of the molecule is Cn1cc(C2CCCN2C(=O)c2ccc(OCC(N)=O)cc2)cn1. The summed E-state index contributed by atoms with van der Waals surface area (Å²) in [5.41, 5.74) is 6.70. The smallest absolute Gasteiger partial charge is 0.255 e. The molecule has 1 aromatic carbocycles. The normalized spacial score (nSPS) is 17.0. The lowest BCUT2D eigenvalue weighted by Crippen LogP contribution is -2.30. The number of amides is 2. The first-order valence-corrected chi connectivity index (χ1v) is 7.85. The highest BCUT2D eigenvalue weighted by Gasteiger charge is 2.31. The summed E-state index contributed by atoms with van der Waals surface area (Å²) in [6.45, 7) is 0.556. The molecule has 1 aliphatic heterocycles. The van der Waals surface area contributed by atoms with Crippen LogP contribution in [0.4, 0.5) is 0 Å². The summed E-state index contributed by atoms with van der Waals surface area (Å²) in [5.74, 6) is -0.0371. The number of aromatic nitrogens is 2. The lowest BCUT2D eigenvalue weighted by Gasteiger charge is -2.24. The van der Waals surface area contributed by atoms with Crippen molar-refractivity contribution in [1.29, 1.82) is 0 Å². The molecule has 2 heterocycles. The molecule has 7 nitrogen and oxygen atoms in total. The Morgan fingerprint density at radius 2 is 2.08 bits per heavy atom. The van der Waals surface area contributed by atoms with Crippen LogP contribution in [-0.2, 0) is 11.8 Å². The van der Waals surface area contributed by atoms with E-state index in [9.17, 15) is 9.59 Å². The van der Waals surface area contributed by atoms with Crippen molar-refractivity contribution < 1.29 is 14.3 Å². The minimum atomic E-state index is -0.536. The molecule has 1 fully saturated rings. The van der Waals surface area contributed by atoms with Crippen molar-refractivity contribution in [3.05, 3.63) is 47.8 Å². The zero-order valence-corrected chi connectivity index (χ0v) is 13.5. The fourth-order valence-electron chi connectivity index (χ4n) is 2.98. The van der Waals surface area contributed by atoms with Gasteiger partial charge in [0.05, 0.1) is 12.2 Å². The molecule has 0 saturated carbocycles. The molecule has 1 atom stereocenters. The molecular weight excluding hydrogens is 308 g/mol. The van der Waals surface area contributed by atoms with Crippen LogP contribution >= 0.6 is 0 Å². The topological polar surface area (TPSA) is 90.5 Å². The number of benzene rings is 1. The largest absolute Gasteiger partial charge is 0.484 e. The van der Waals surface area contributed by atoms with Gasteiger partial charge in [0.2, 0.25) is 0 Å². The van der Waals surface area contributed by atoms with E-state index in [1.807, 2.05) is 24.3 Å². The lowest BCUT2D eigenvalue weighted by molar-refractivity contribution is -0.119. The van der Waals surface area contributed by atoms with Crippen LogP contribution in [0.15, 0.2) is 36.7 Å². The molecule has 2 amide bonds. The van der Waals surface area contributed by atoms with Crippen LogP contribution in [0.2, 0.25) is 0 Å². The minimum absolute atomic E-state index is 0.0113. The summed E-state index contributed by atoms with van der Waals surface area (Å²) in [6.07, 6.45) is 5.69. The predicted octanol–water partition coefficient (Wildman–Crippen LogP) is 1.26. The van der Waals surface area contributed by atoms with Crippen LogP contribution in [0, 0.1) is 0 Å². The van der Waals surface area contributed by atoms with Gasteiger partial charge in [0.1, 0.15) is 5.75 Å². The van der Waals surface area contributed by atoms with Crippen LogP contribution < -0.4 is 10.5 Å². The molecule has 0 aliphatic carbocycles. The van der Waals surface area contributed by atoms with Crippen molar-refractivity contribution >= 4 is 11.8 Å². The number of aryl methyl sites for hydroxylation is 1. The molecule has 3 rings (SSSR count). The van der Waals surface area contributed by atoms with Gasteiger partial charge in [0, 0.05) is 30.9 Å². The maximum Gasteiger partial charge on any atom is 0.255 e. The number of ether oxygens (including phenoxy) is 1. The summed E-state index contributed by atoms with van der Waals surface area (Å²) >= 11 is 0.